The molecular formula is C12H19FN2O. The topological polar surface area (TPSA) is 38.5 Å². The van der Waals surface area contributed by atoms with Gasteiger partial charge in [-0.05, 0) is 31.5 Å². The predicted octanol–water partition coefficient (Wildman–Crippen LogP) is 2.19. The SMILES string of the molecule is COCC(C)N(C)c1cc(C)c(F)cc1N. The molecule has 16 heavy (non-hydrogen) atoms. The zero-order valence-corrected chi connectivity index (χ0v) is 10.2. The van der Waals surface area contributed by atoms with E-state index in [2.05, 4.69) is 0 Å². The Morgan fingerprint density at radius 3 is 2.69 bits per heavy atom. The molecule has 1 unspecified atom stereocenters. The van der Waals surface area contributed by atoms with Gasteiger partial charge in [-0.2, -0.15) is 0 Å². The molecule has 0 aliphatic rings. The summed E-state index contributed by atoms with van der Waals surface area (Å²) in [5.41, 5.74) is 7.69. The van der Waals surface area contributed by atoms with Crippen molar-refractivity contribution in [1.82, 2.24) is 0 Å². The van der Waals surface area contributed by atoms with Crippen LogP contribution in [0, 0.1) is 12.7 Å². The van der Waals surface area contributed by atoms with Crippen LogP contribution in [-0.2, 0) is 4.74 Å². The quantitative estimate of drug-likeness (QED) is 0.800. The smallest absolute Gasteiger partial charge is 0.128 e. The number of rotatable bonds is 4. The van der Waals surface area contributed by atoms with Gasteiger partial charge in [-0.3, -0.25) is 0 Å². The van der Waals surface area contributed by atoms with Crippen LogP contribution in [0.1, 0.15) is 12.5 Å². The van der Waals surface area contributed by atoms with E-state index >= 15 is 0 Å². The number of anilines is 2. The number of nitrogens with zero attached hydrogens (tertiary/aromatic N) is 1. The van der Waals surface area contributed by atoms with Crippen molar-refractivity contribution < 1.29 is 9.13 Å². The number of hydrogen-bond acceptors (Lipinski definition) is 3. The Kier molecular flexibility index (Phi) is 4.12. The van der Waals surface area contributed by atoms with Crippen LogP contribution in [0.3, 0.4) is 0 Å². The van der Waals surface area contributed by atoms with Gasteiger partial charge in [-0.25, -0.2) is 4.39 Å². The van der Waals surface area contributed by atoms with Crippen LogP contribution in [0.2, 0.25) is 0 Å². The molecule has 0 aromatic heterocycles. The van der Waals surface area contributed by atoms with Gasteiger partial charge in [-0.1, -0.05) is 0 Å². The molecule has 0 aliphatic heterocycles. The van der Waals surface area contributed by atoms with Crippen molar-refractivity contribution in [3.8, 4) is 0 Å². The molecule has 1 aromatic carbocycles. The second-order valence-electron chi connectivity index (χ2n) is 4.08. The number of halogens is 1. The summed E-state index contributed by atoms with van der Waals surface area (Å²) >= 11 is 0. The van der Waals surface area contributed by atoms with Crippen molar-refractivity contribution in [1.29, 1.82) is 0 Å². The van der Waals surface area contributed by atoms with Crippen LogP contribution in [0.5, 0.6) is 0 Å². The van der Waals surface area contributed by atoms with Crippen molar-refractivity contribution in [3.63, 3.8) is 0 Å². The number of nitrogen functional groups attached to an aromatic ring is 1. The lowest BCUT2D eigenvalue weighted by molar-refractivity contribution is 0.183. The molecule has 90 valence electrons. The highest BCUT2D eigenvalue weighted by molar-refractivity contribution is 5.68. The maximum atomic E-state index is 13.2. The average molecular weight is 226 g/mol. The van der Waals surface area contributed by atoms with Gasteiger partial charge in [0, 0.05) is 20.2 Å². The largest absolute Gasteiger partial charge is 0.397 e. The minimum Gasteiger partial charge on any atom is -0.397 e. The highest BCUT2D eigenvalue weighted by atomic mass is 19.1. The molecule has 2 N–H and O–H groups in total. The first kappa shape index (κ1) is 12.8. The van der Waals surface area contributed by atoms with Gasteiger partial charge in [0.15, 0.2) is 0 Å². The minimum atomic E-state index is -0.269. The number of aryl methyl sites for hydroxylation is 1. The Morgan fingerprint density at radius 1 is 1.50 bits per heavy atom. The third kappa shape index (κ3) is 2.64. The van der Waals surface area contributed by atoms with Gasteiger partial charge >= 0.3 is 0 Å². The van der Waals surface area contributed by atoms with Crippen molar-refractivity contribution in [2.24, 2.45) is 0 Å². The third-order valence-electron chi connectivity index (χ3n) is 2.76. The first-order chi connectivity index (χ1) is 7.47. The van der Waals surface area contributed by atoms with E-state index in [0.29, 0.717) is 17.9 Å². The van der Waals surface area contributed by atoms with Gasteiger partial charge in [0.05, 0.1) is 18.0 Å². The van der Waals surface area contributed by atoms with E-state index in [4.69, 9.17) is 10.5 Å². The molecule has 3 nitrogen and oxygen atoms in total. The number of methoxy groups -OCH3 is 1. The highest BCUT2D eigenvalue weighted by Gasteiger charge is 2.14. The third-order valence-corrected chi connectivity index (χ3v) is 2.76. The van der Waals surface area contributed by atoms with E-state index in [1.165, 1.54) is 6.07 Å². The van der Waals surface area contributed by atoms with E-state index in [-0.39, 0.29) is 11.9 Å². The number of likely N-dealkylation sites (N-methyl/N-ethyl adjacent to an activating group) is 1. The monoisotopic (exact) mass is 226 g/mol. The van der Waals surface area contributed by atoms with Crippen molar-refractivity contribution >= 4 is 11.4 Å². The standard InChI is InChI=1S/C12H19FN2O/c1-8-5-12(11(14)6-10(8)13)15(3)9(2)7-16-4/h5-6,9H,7,14H2,1-4H3. The fourth-order valence-electron chi connectivity index (χ4n) is 1.58. The molecule has 0 spiro atoms. The molecule has 0 heterocycles. The van der Waals surface area contributed by atoms with Crippen molar-refractivity contribution in [2.75, 3.05) is 31.4 Å². The summed E-state index contributed by atoms with van der Waals surface area (Å²) in [4.78, 5) is 1.99. The lowest BCUT2D eigenvalue weighted by atomic mass is 10.1. The van der Waals surface area contributed by atoms with Crippen molar-refractivity contribution in [3.05, 3.63) is 23.5 Å². The lowest BCUT2D eigenvalue weighted by Gasteiger charge is -2.28. The number of hydrogen-bond donors (Lipinski definition) is 1. The predicted molar refractivity (Wildman–Crippen MR) is 65.3 cm³/mol. The summed E-state index contributed by atoms with van der Waals surface area (Å²) in [6.07, 6.45) is 0. The zero-order valence-electron chi connectivity index (χ0n) is 10.2. The maximum absolute atomic E-state index is 13.2. The number of nitrogens with two attached hydrogens (primary N) is 1. The Hall–Kier alpha value is -1.29. The zero-order chi connectivity index (χ0) is 12.3. The van der Waals surface area contributed by atoms with Gasteiger partial charge in [-0.15, -0.1) is 0 Å². The molecule has 0 bridgehead atoms. The molecule has 0 saturated carbocycles. The summed E-state index contributed by atoms with van der Waals surface area (Å²) in [6, 6.07) is 3.31. The molecule has 0 aliphatic carbocycles. The summed E-state index contributed by atoms with van der Waals surface area (Å²) in [6.45, 7) is 4.36. The fourth-order valence-corrected chi connectivity index (χ4v) is 1.58. The lowest BCUT2D eigenvalue weighted by Crippen LogP contribution is -2.33. The molecule has 0 saturated heterocycles. The van der Waals surface area contributed by atoms with E-state index in [9.17, 15) is 4.39 Å². The summed E-state index contributed by atoms with van der Waals surface area (Å²) in [5.74, 6) is -0.269. The van der Waals surface area contributed by atoms with Gasteiger partial charge in [0.25, 0.3) is 0 Å². The van der Waals surface area contributed by atoms with E-state index < -0.39 is 0 Å². The Morgan fingerprint density at radius 2 is 2.12 bits per heavy atom. The molecule has 1 aromatic rings. The number of ether oxygens (including phenoxy) is 1. The van der Waals surface area contributed by atoms with Gasteiger partial charge in [0.1, 0.15) is 5.82 Å². The normalized spacial score (nSPS) is 12.6. The van der Waals surface area contributed by atoms with Crippen LogP contribution in [0.25, 0.3) is 0 Å². The van der Waals surface area contributed by atoms with Gasteiger partial charge < -0.3 is 15.4 Å². The summed E-state index contributed by atoms with van der Waals surface area (Å²) in [5, 5.41) is 0. The van der Waals surface area contributed by atoms with Crippen LogP contribution in [0.15, 0.2) is 12.1 Å². The molecule has 0 amide bonds. The molecule has 1 atom stereocenters. The Labute approximate surface area is 96.0 Å². The maximum Gasteiger partial charge on any atom is 0.128 e. The van der Waals surface area contributed by atoms with Crippen LogP contribution in [-0.4, -0.2) is 26.8 Å². The van der Waals surface area contributed by atoms with Crippen molar-refractivity contribution in [2.45, 2.75) is 19.9 Å². The molecular weight excluding hydrogens is 207 g/mol. The van der Waals surface area contributed by atoms with E-state index in [0.717, 1.165) is 5.69 Å². The Balaban J connectivity index is 2.99. The van der Waals surface area contributed by atoms with Crippen LogP contribution < -0.4 is 10.6 Å². The fraction of sp³-hybridized carbons (Fsp3) is 0.500. The molecule has 1 rings (SSSR count). The molecule has 4 heteroatoms. The van der Waals surface area contributed by atoms with E-state index in [1.807, 2.05) is 18.9 Å². The highest BCUT2D eigenvalue weighted by Crippen LogP contribution is 2.26. The minimum absolute atomic E-state index is 0.192. The summed E-state index contributed by atoms with van der Waals surface area (Å²) in [7, 11) is 3.58. The first-order valence-electron chi connectivity index (χ1n) is 5.24. The van der Waals surface area contributed by atoms with Crippen LogP contribution in [0.4, 0.5) is 15.8 Å². The molecule has 0 radical (unpaired) electrons. The second-order valence-corrected chi connectivity index (χ2v) is 4.08. The number of benzene rings is 1. The van der Waals surface area contributed by atoms with Crippen LogP contribution >= 0.6 is 0 Å². The average Bonchev–Trinajstić information content (AvgIpc) is 2.23. The molecule has 0 fully saturated rings. The van der Waals surface area contributed by atoms with Gasteiger partial charge in [0.2, 0.25) is 0 Å². The van der Waals surface area contributed by atoms with E-state index in [1.54, 1.807) is 20.1 Å². The summed E-state index contributed by atoms with van der Waals surface area (Å²) < 4.78 is 18.3. The Bertz CT molecular complexity index is 368. The first-order valence-corrected chi connectivity index (χ1v) is 5.24. The second kappa shape index (κ2) is 5.16.